The largest absolute Gasteiger partial charge is 0.347 e. The second-order valence-corrected chi connectivity index (χ2v) is 3.98. The maximum atomic E-state index is 9.02. The van der Waals surface area contributed by atoms with E-state index < -0.39 is 5.38 Å². The minimum atomic E-state index is -0.412. The Balaban J connectivity index is 0.00000144. The number of nitrogens with zero attached hydrogens (tertiary/aromatic N) is 2. The summed E-state index contributed by atoms with van der Waals surface area (Å²) in [6.07, 6.45) is 3.36. The van der Waals surface area contributed by atoms with E-state index in [-0.39, 0.29) is 12.4 Å². The zero-order valence-electron chi connectivity index (χ0n) is 9.14. The highest BCUT2D eigenvalue weighted by Crippen LogP contribution is 2.29. The summed E-state index contributed by atoms with van der Waals surface area (Å²) in [7, 11) is 0. The fourth-order valence-corrected chi connectivity index (χ4v) is 1.86. The number of aromatic nitrogens is 2. The number of aromatic amines is 1. The lowest BCUT2D eigenvalue weighted by Crippen LogP contribution is -1.99. The number of nitriles is 1. The maximum Gasteiger partial charge on any atom is 0.128 e. The summed E-state index contributed by atoms with van der Waals surface area (Å²) < 4.78 is 0. The summed E-state index contributed by atoms with van der Waals surface area (Å²) in [6, 6.07) is 7.73. The van der Waals surface area contributed by atoms with Gasteiger partial charge in [-0.3, -0.25) is 0 Å². The highest BCUT2D eigenvalue weighted by Gasteiger charge is 2.16. The predicted octanol–water partition coefficient (Wildman–Crippen LogP) is 3.34. The van der Waals surface area contributed by atoms with E-state index in [9.17, 15) is 0 Å². The number of halogens is 2. The van der Waals surface area contributed by atoms with Gasteiger partial charge in [0.2, 0.25) is 0 Å². The standard InChI is InChI=1S/C12H10ClN3.ClH/c1-8-2-3-9(7-14)10(6-8)11(13)12-15-4-5-16-12;/h2-6,11H,1H3,(H,15,16);1H. The van der Waals surface area contributed by atoms with Crippen LogP contribution in [0.15, 0.2) is 30.6 Å². The van der Waals surface area contributed by atoms with Crippen molar-refractivity contribution in [3.8, 4) is 6.07 Å². The third-order valence-electron chi connectivity index (χ3n) is 2.36. The molecule has 88 valence electrons. The van der Waals surface area contributed by atoms with Gasteiger partial charge in [0.05, 0.1) is 11.6 Å². The molecule has 0 bridgehead atoms. The molecular formula is C12H11Cl2N3. The SMILES string of the molecule is Cc1ccc(C#N)c(C(Cl)c2ncc[nH]2)c1.Cl. The average Bonchev–Trinajstić information content (AvgIpc) is 2.81. The van der Waals surface area contributed by atoms with Crippen LogP contribution in [0, 0.1) is 18.3 Å². The first kappa shape index (κ1) is 13.6. The minimum Gasteiger partial charge on any atom is -0.347 e. The van der Waals surface area contributed by atoms with E-state index in [1.165, 1.54) is 0 Å². The van der Waals surface area contributed by atoms with Crippen molar-refractivity contribution < 1.29 is 0 Å². The number of nitrogens with one attached hydrogen (secondary N) is 1. The van der Waals surface area contributed by atoms with Crippen LogP contribution in [0.1, 0.15) is 27.9 Å². The van der Waals surface area contributed by atoms with Crippen molar-refractivity contribution >= 4 is 24.0 Å². The topological polar surface area (TPSA) is 52.5 Å². The van der Waals surface area contributed by atoms with Crippen LogP contribution in [0.25, 0.3) is 0 Å². The van der Waals surface area contributed by atoms with Crippen LogP contribution >= 0.6 is 24.0 Å². The highest BCUT2D eigenvalue weighted by atomic mass is 35.5. The lowest BCUT2D eigenvalue weighted by molar-refractivity contribution is 0.985. The van der Waals surface area contributed by atoms with Crippen molar-refractivity contribution in [2.75, 3.05) is 0 Å². The molecule has 0 amide bonds. The Morgan fingerprint density at radius 2 is 2.24 bits per heavy atom. The van der Waals surface area contributed by atoms with E-state index in [0.717, 1.165) is 11.1 Å². The van der Waals surface area contributed by atoms with Crippen LogP contribution in [-0.2, 0) is 0 Å². The number of H-pyrrole nitrogens is 1. The van der Waals surface area contributed by atoms with Gasteiger partial charge in [-0.25, -0.2) is 4.98 Å². The zero-order chi connectivity index (χ0) is 11.5. The van der Waals surface area contributed by atoms with Gasteiger partial charge in [0.25, 0.3) is 0 Å². The molecule has 0 aliphatic rings. The van der Waals surface area contributed by atoms with E-state index in [4.69, 9.17) is 16.9 Å². The lowest BCUT2D eigenvalue weighted by atomic mass is 10.0. The molecule has 0 spiro atoms. The first-order valence-corrected chi connectivity index (χ1v) is 5.30. The van der Waals surface area contributed by atoms with Crippen LogP contribution in [0.4, 0.5) is 0 Å². The van der Waals surface area contributed by atoms with Crippen LogP contribution < -0.4 is 0 Å². The van der Waals surface area contributed by atoms with Gasteiger partial charge in [-0.05, 0) is 18.6 Å². The van der Waals surface area contributed by atoms with Crippen LogP contribution in [-0.4, -0.2) is 9.97 Å². The monoisotopic (exact) mass is 267 g/mol. The maximum absolute atomic E-state index is 9.02. The first-order valence-electron chi connectivity index (χ1n) is 4.86. The van der Waals surface area contributed by atoms with Crippen LogP contribution in [0.2, 0.25) is 0 Å². The van der Waals surface area contributed by atoms with Gasteiger partial charge in [0, 0.05) is 12.4 Å². The fraction of sp³-hybridized carbons (Fsp3) is 0.167. The van der Waals surface area contributed by atoms with Crippen LogP contribution in [0.5, 0.6) is 0 Å². The molecule has 0 aliphatic heterocycles. The number of alkyl halides is 1. The Labute approximate surface area is 111 Å². The molecule has 1 aromatic carbocycles. The Bertz CT molecular complexity index is 529. The van der Waals surface area contributed by atoms with E-state index in [1.807, 2.05) is 19.1 Å². The molecule has 17 heavy (non-hydrogen) atoms. The quantitative estimate of drug-likeness (QED) is 0.849. The lowest BCUT2D eigenvalue weighted by Gasteiger charge is -2.09. The zero-order valence-corrected chi connectivity index (χ0v) is 10.7. The highest BCUT2D eigenvalue weighted by molar-refractivity contribution is 6.22. The number of rotatable bonds is 2. The summed E-state index contributed by atoms with van der Waals surface area (Å²) in [5, 5.41) is 8.60. The van der Waals surface area contributed by atoms with E-state index in [1.54, 1.807) is 18.5 Å². The van der Waals surface area contributed by atoms with Gasteiger partial charge in [0.1, 0.15) is 11.2 Å². The molecule has 0 saturated carbocycles. The van der Waals surface area contributed by atoms with Crippen molar-refractivity contribution in [1.82, 2.24) is 9.97 Å². The second kappa shape index (κ2) is 5.72. The Kier molecular flexibility index (Phi) is 4.56. The second-order valence-electron chi connectivity index (χ2n) is 3.54. The number of aryl methyl sites for hydroxylation is 1. The predicted molar refractivity (Wildman–Crippen MR) is 69.4 cm³/mol. The molecule has 1 unspecified atom stereocenters. The van der Waals surface area contributed by atoms with E-state index in [2.05, 4.69) is 16.0 Å². The molecule has 0 saturated heterocycles. The molecule has 2 rings (SSSR count). The van der Waals surface area contributed by atoms with Gasteiger partial charge >= 0.3 is 0 Å². The molecular weight excluding hydrogens is 257 g/mol. The number of imidazole rings is 1. The smallest absolute Gasteiger partial charge is 0.128 e. The fourth-order valence-electron chi connectivity index (χ4n) is 1.56. The summed E-state index contributed by atoms with van der Waals surface area (Å²) >= 11 is 6.28. The van der Waals surface area contributed by atoms with Crippen molar-refractivity contribution in [1.29, 1.82) is 5.26 Å². The molecule has 0 fully saturated rings. The molecule has 2 aromatic rings. The normalized spacial score (nSPS) is 11.4. The number of benzene rings is 1. The van der Waals surface area contributed by atoms with E-state index >= 15 is 0 Å². The minimum absolute atomic E-state index is 0. The Morgan fingerprint density at radius 3 is 2.82 bits per heavy atom. The molecule has 1 heterocycles. The average molecular weight is 268 g/mol. The van der Waals surface area contributed by atoms with Gasteiger partial charge in [-0.2, -0.15) is 5.26 Å². The summed E-state index contributed by atoms with van der Waals surface area (Å²) in [6.45, 7) is 1.97. The van der Waals surface area contributed by atoms with Crippen molar-refractivity contribution in [2.24, 2.45) is 0 Å². The van der Waals surface area contributed by atoms with Crippen molar-refractivity contribution in [3.63, 3.8) is 0 Å². The van der Waals surface area contributed by atoms with Gasteiger partial charge in [0.15, 0.2) is 0 Å². The summed E-state index contributed by atoms with van der Waals surface area (Å²) in [4.78, 5) is 7.05. The molecule has 1 N–H and O–H groups in total. The first-order chi connectivity index (χ1) is 7.72. The van der Waals surface area contributed by atoms with Crippen molar-refractivity contribution in [2.45, 2.75) is 12.3 Å². The van der Waals surface area contributed by atoms with E-state index in [0.29, 0.717) is 11.4 Å². The number of hydrogen-bond donors (Lipinski definition) is 1. The Hall–Kier alpha value is -1.50. The third kappa shape index (κ3) is 2.79. The van der Waals surface area contributed by atoms with Crippen molar-refractivity contribution in [3.05, 3.63) is 53.1 Å². The molecule has 1 aromatic heterocycles. The van der Waals surface area contributed by atoms with Gasteiger partial charge in [-0.1, -0.05) is 17.7 Å². The van der Waals surface area contributed by atoms with Gasteiger partial charge < -0.3 is 4.98 Å². The molecule has 0 radical (unpaired) electrons. The summed E-state index contributed by atoms with van der Waals surface area (Å²) in [5.41, 5.74) is 2.45. The number of hydrogen-bond acceptors (Lipinski definition) is 2. The summed E-state index contributed by atoms with van der Waals surface area (Å²) in [5.74, 6) is 0.656. The Morgan fingerprint density at radius 1 is 1.47 bits per heavy atom. The molecule has 5 heteroatoms. The molecule has 3 nitrogen and oxygen atoms in total. The molecule has 1 atom stereocenters. The van der Waals surface area contributed by atoms with Crippen LogP contribution in [0.3, 0.4) is 0 Å². The third-order valence-corrected chi connectivity index (χ3v) is 2.80. The molecule has 0 aliphatic carbocycles. The van der Waals surface area contributed by atoms with Gasteiger partial charge in [-0.15, -0.1) is 24.0 Å².